The van der Waals surface area contributed by atoms with E-state index in [-0.39, 0.29) is 10.8 Å². The summed E-state index contributed by atoms with van der Waals surface area (Å²) < 4.78 is 0. The van der Waals surface area contributed by atoms with Crippen LogP contribution >= 0.6 is 0 Å². The molecule has 0 atom stereocenters. The third kappa shape index (κ3) is 2.18. The highest BCUT2D eigenvalue weighted by molar-refractivity contribution is 5.71. The van der Waals surface area contributed by atoms with Crippen molar-refractivity contribution >= 4 is 6.08 Å². The molecule has 1 aliphatic rings. The van der Waals surface area contributed by atoms with Crippen molar-refractivity contribution in [3.63, 3.8) is 0 Å². The van der Waals surface area contributed by atoms with Gasteiger partial charge in [-0.3, -0.25) is 0 Å². The van der Waals surface area contributed by atoms with Gasteiger partial charge in [0, 0.05) is 6.42 Å². The van der Waals surface area contributed by atoms with Gasteiger partial charge in [0.25, 0.3) is 0 Å². The zero-order valence-electron chi connectivity index (χ0n) is 11.9. The molecule has 0 amide bonds. The molecule has 0 spiro atoms. The first-order chi connectivity index (χ1) is 7.71. The van der Waals surface area contributed by atoms with Gasteiger partial charge in [0.1, 0.15) is 0 Å². The summed E-state index contributed by atoms with van der Waals surface area (Å²) in [5.41, 5.74) is 6.16. The Morgan fingerprint density at radius 1 is 0.706 bits per heavy atom. The van der Waals surface area contributed by atoms with E-state index in [1.165, 1.54) is 22.3 Å². The summed E-state index contributed by atoms with van der Waals surface area (Å²) in [5.74, 6) is 0. The van der Waals surface area contributed by atoms with E-state index in [2.05, 4.69) is 72.2 Å². The van der Waals surface area contributed by atoms with E-state index in [4.69, 9.17) is 0 Å². The van der Waals surface area contributed by atoms with Crippen LogP contribution in [0.15, 0.2) is 18.2 Å². The van der Waals surface area contributed by atoms with Gasteiger partial charge in [0.15, 0.2) is 0 Å². The fourth-order valence-electron chi connectivity index (χ4n) is 2.54. The van der Waals surface area contributed by atoms with Crippen LogP contribution in [0.2, 0.25) is 0 Å². The normalized spacial score (nSPS) is 15.2. The molecule has 0 unspecified atom stereocenters. The molecule has 0 N–H and O–H groups in total. The molecule has 2 rings (SSSR count). The first-order valence-electron chi connectivity index (χ1n) is 6.40. The molecule has 0 heteroatoms. The van der Waals surface area contributed by atoms with Gasteiger partial charge in [-0.25, -0.2) is 0 Å². The number of hydrogen-bond donors (Lipinski definition) is 0. The fourth-order valence-corrected chi connectivity index (χ4v) is 2.54. The summed E-state index contributed by atoms with van der Waals surface area (Å²) in [6.07, 6.45) is 6.69. The van der Waals surface area contributed by atoms with Gasteiger partial charge in [-0.1, -0.05) is 65.8 Å². The average molecular weight is 227 g/mol. The number of hydrogen-bond acceptors (Lipinski definition) is 0. The Kier molecular flexibility index (Phi) is 2.72. The molecular weight excluding hydrogens is 204 g/mol. The minimum absolute atomic E-state index is 0.211. The van der Waals surface area contributed by atoms with E-state index in [9.17, 15) is 0 Å². The van der Waals surface area contributed by atoms with Gasteiger partial charge < -0.3 is 0 Å². The average Bonchev–Trinajstić information content (AvgIpc) is 2.60. The maximum atomic E-state index is 2.31. The predicted molar refractivity (Wildman–Crippen MR) is 76.3 cm³/mol. The molecule has 0 aliphatic heterocycles. The van der Waals surface area contributed by atoms with Crippen LogP contribution in [0.4, 0.5) is 0 Å². The Morgan fingerprint density at radius 2 is 1.18 bits per heavy atom. The molecule has 0 nitrogen and oxygen atoms in total. The van der Waals surface area contributed by atoms with Crippen molar-refractivity contribution in [1.29, 1.82) is 0 Å². The molecule has 91 valence electrons. The zero-order valence-corrected chi connectivity index (χ0v) is 11.9. The minimum atomic E-state index is 0.211. The first kappa shape index (κ1) is 12.4. The maximum absolute atomic E-state index is 2.31. The largest absolute Gasteiger partial charge is 0.0754 e. The Labute approximate surface area is 106 Å². The van der Waals surface area contributed by atoms with E-state index in [0.717, 1.165) is 0 Å². The highest BCUT2D eigenvalue weighted by Crippen LogP contribution is 2.38. The van der Waals surface area contributed by atoms with E-state index in [0.29, 0.717) is 0 Å². The first-order valence-corrected chi connectivity index (χ1v) is 6.40. The predicted octanol–water partition coefficient (Wildman–Crippen LogP) is 4.86. The summed E-state index contributed by atoms with van der Waals surface area (Å²) in [6, 6.07) is 4.62. The van der Waals surface area contributed by atoms with Crippen molar-refractivity contribution in [2.45, 2.75) is 52.4 Å². The molecule has 1 aromatic carbocycles. The van der Waals surface area contributed by atoms with Gasteiger partial charge in [-0.15, -0.1) is 0 Å². The molecule has 1 aromatic rings. The minimum Gasteiger partial charge on any atom is -0.0754 e. The Balaban J connectivity index is 2.65. The Morgan fingerprint density at radius 3 is 1.65 bits per heavy atom. The van der Waals surface area contributed by atoms with Gasteiger partial charge >= 0.3 is 0 Å². The van der Waals surface area contributed by atoms with Gasteiger partial charge in [-0.05, 0) is 33.1 Å². The molecule has 0 heterocycles. The summed E-state index contributed by atoms with van der Waals surface area (Å²) >= 11 is 0. The van der Waals surface area contributed by atoms with Crippen LogP contribution in [-0.4, -0.2) is 0 Å². The van der Waals surface area contributed by atoms with Crippen LogP contribution in [0.1, 0.15) is 63.8 Å². The molecular formula is C17H23. The van der Waals surface area contributed by atoms with Crippen LogP contribution in [0.5, 0.6) is 0 Å². The van der Waals surface area contributed by atoms with Crippen LogP contribution in [0.25, 0.3) is 6.08 Å². The molecule has 1 aliphatic carbocycles. The second-order valence-electron chi connectivity index (χ2n) is 7.01. The monoisotopic (exact) mass is 227 g/mol. The van der Waals surface area contributed by atoms with E-state index >= 15 is 0 Å². The SMILES string of the molecule is CC(C)(C)c1ccc(C(C)(C)C)c2c1[CH]C=C2. The van der Waals surface area contributed by atoms with Gasteiger partial charge in [-0.2, -0.15) is 0 Å². The third-order valence-corrected chi connectivity index (χ3v) is 3.43. The number of fused-ring (bicyclic) bond motifs is 1. The van der Waals surface area contributed by atoms with Crippen molar-refractivity contribution < 1.29 is 0 Å². The van der Waals surface area contributed by atoms with Crippen LogP contribution in [-0.2, 0) is 10.8 Å². The van der Waals surface area contributed by atoms with Gasteiger partial charge in [0.2, 0.25) is 0 Å². The lowest BCUT2D eigenvalue weighted by Crippen LogP contribution is -2.18. The van der Waals surface area contributed by atoms with Crippen LogP contribution in [0, 0.1) is 6.42 Å². The standard InChI is InChI=1S/C17H23/c1-16(2,3)14-10-11-15(17(4,5)6)13-9-7-8-12(13)14/h7-11H,1-6H3. The molecule has 0 aromatic heterocycles. The second kappa shape index (κ2) is 3.73. The van der Waals surface area contributed by atoms with Crippen molar-refractivity contribution in [2.24, 2.45) is 0 Å². The summed E-state index contributed by atoms with van der Waals surface area (Å²) in [7, 11) is 0. The lowest BCUT2D eigenvalue weighted by Gasteiger charge is -2.28. The highest BCUT2D eigenvalue weighted by atomic mass is 14.3. The molecule has 17 heavy (non-hydrogen) atoms. The Hall–Kier alpha value is -1.04. The zero-order chi connectivity index (χ0) is 12.8. The molecule has 0 fully saturated rings. The smallest absolute Gasteiger partial charge is 0.0134 e. The second-order valence-corrected chi connectivity index (χ2v) is 7.01. The van der Waals surface area contributed by atoms with Crippen molar-refractivity contribution in [3.05, 3.63) is 46.9 Å². The number of rotatable bonds is 0. The lowest BCUT2D eigenvalue weighted by atomic mass is 9.77. The quantitative estimate of drug-likeness (QED) is 0.593. The summed E-state index contributed by atoms with van der Waals surface area (Å²) in [6.45, 7) is 13.7. The molecule has 0 saturated heterocycles. The molecule has 0 bridgehead atoms. The van der Waals surface area contributed by atoms with E-state index < -0.39 is 0 Å². The van der Waals surface area contributed by atoms with E-state index in [1.807, 2.05) is 0 Å². The van der Waals surface area contributed by atoms with Gasteiger partial charge in [0.05, 0.1) is 0 Å². The fraction of sp³-hybridized carbons (Fsp3) is 0.471. The van der Waals surface area contributed by atoms with Crippen molar-refractivity contribution in [3.8, 4) is 0 Å². The molecule has 1 radical (unpaired) electrons. The topological polar surface area (TPSA) is 0 Å². The molecule has 0 saturated carbocycles. The van der Waals surface area contributed by atoms with E-state index in [1.54, 1.807) is 0 Å². The van der Waals surface area contributed by atoms with Crippen molar-refractivity contribution in [1.82, 2.24) is 0 Å². The number of benzene rings is 1. The maximum Gasteiger partial charge on any atom is 0.0134 e. The highest BCUT2D eigenvalue weighted by Gasteiger charge is 2.26. The van der Waals surface area contributed by atoms with Crippen molar-refractivity contribution in [2.75, 3.05) is 0 Å². The van der Waals surface area contributed by atoms with Crippen LogP contribution in [0.3, 0.4) is 0 Å². The third-order valence-electron chi connectivity index (χ3n) is 3.43. The van der Waals surface area contributed by atoms with Crippen LogP contribution < -0.4 is 0 Å². The lowest BCUT2D eigenvalue weighted by molar-refractivity contribution is 0.574. The summed E-state index contributed by atoms with van der Waals surface area (Å²) in [5, 5.41) is 0. The number of allylic oxidation sites excluding steroid dienone is 1. The Bertz CT molecular complexity index is 462. The summed E-state index contributed by atoms with van der Waals surface area (Å²) in [4.78, 5) is 0.